The SMILES string of the molecule is Cc1[nH]c2c(c1C(=O)NCC(O)CN1CCCC1)CCCC2=C1C(=O)Nc2ccccc21. The highest BCUT2D eigenvalue weighted by Crippen LogP contribution is 2.42. The Labute approximate surface area is 187 Å². The zero-order valence-electron chi connectivity index (χ0n) is 18.5. The van der Waals surface area contributed by atoms with Gasteiger partial charge in [-0.25, -0.2) is 0 Å². The van der Waals surface area contributed by atoms with Crippen molar-refractivity contribution in [3.05, 3.63) is 52.3 Å². The Hall–Kier alpha value is -2.90. The molecular formula is C25H30N4O3. The number of hydrogen-bond donors (Lipinski definition) is 4. The molecule has 7 nitrogen and oxygen atoms in total. The highest BCUT2D eigenvalue weighted by molar-refractivity contribution is 6.36. The summed E-state index contributed by atoms with van der Waals surface area (Å²) in [4.78, 5) is 31.5. The van der Waals surface area contributed by atoms with Crippen molar-refractivity contribution < 1.29 is 14.7 Å². The fraction of sp³-hybridized carbons (Fsp3) is 0.440. The Kier molecular flexibility index (Phi) is 5.61. The fourth-order valence-electron chi connectivity index (χ4n) is 5.35. The molecule has 1 aromatic heterocycles. The molecule has 1 unspecified atom stereocenters. The number of hydrogen-bond acceptors (Lipinski definition) is 4. The highest BCUT2D eigenvalue weighted by atomic mass is 16.3. The number of aliphatic hydroxyl groups excluding tert-OH is 1. The average Bonchev–Trinajstić information content (AvgIpc) is 3.48. The van der Waals surface area contributed by atoms with Crippen LogP contribution in [0.1, 0.15) is 58.6 Å². The number of benzene rings is 1. The van der Waals surface area contributed by atoms with E-state index >= 15 is 0 Å². The maximum atomic E-state index is 13.1. The molecule has 2 aliphatic heterocycles. The van der Waals surface area contributed by atoms with E-state index in [4.69, 9.17) is 0 Å². The number of aryl methyl sites for hydroxylation is 1. The third-order valence-electron chi connectivity index (χ3n) is 6.81. The van der Waals surface area contributed by atoms with Gasteiger partial charge < -0.3 is 25.6 Å². The van der Waals surface area contributed by atoms with Crippen LogP contribution in [0.25, 0.3) is 11.1 Å². The van der Waals surface area contributed by atoms with E-state index in [0.29, 0.717) is 17.7 Å². The number of carbonyl (C=O) groups is 2. The maximum Gasteiger partial charge on any atom is 0.256 e. The number of nitrogens with zero attached hydrogens (tertiary/aromatic N) is 1. The van der Waals surface area contributed by atoms with Crippen molar-refractivity contribution in [2.24, 2.45) is 0 Å². The lowest BCUT2D eigenvalue weighted by molar-refractivity contribution is -0.110. The van der Waals surface area contributed by atoms with Crippen LogP contribution in [0.2, 0.25) is 0 Å². The van der Waals surface area contributed by atoms with Gasteiger partial charge >= 0.3 is 0 Å². The highest BCUT2D eigenvalue weighted by Gasteiger charge is 2.32. The molecule has 0 saturated carbocycles. The molecule has 1 saturated heterocycles. The summed E-state index contributed by atoms with van der Waals surface area (Å²) in [7, 11) is 0. The number of anilines is 1. The fourth-order valence-corrected chi connectivity index (χ4v) is 5.35. The summed E-state index contributed by atoms with van der Waals surface area (Å²) in [6, 6.07) is 7.74. The zero-order valence-corrected chi connectivity index (χ0v) is 18.5. The molecule has 7 heteroatoms. The Balaban J connectivity index is 1.40. The summed E-state index contributed by atoms with van der Waals surface area (Å²) in [5.41, 5.74) is 6.76. The summed E-state index contributed by atoms with van der Waals surface area (Å²) >= 11 is 0. The second-order valence-electron chi connectivity index (χ2n) is 9.06. The Morgan fingerprint density at radius 3 is 2.78 bits per heavy atom. The number of likely N-dealkylation sites (tertiary alicyclic amines) is 1. The van der Waals surface area contributed by atoms with E-state index in [-0.39, 0.29) is 18.4 Å². The van der Waals surface area contributed by atoms with Gasteiger partial charge in [-0.3, -0.25) is 9.59 Å². The van der Waals surface area contributed by atoms with Crippen molar-refractivity contribution in [2.75, 3.05) is 31.5 Å². The molecule has 1 aliphatic carbocycles. The molecule has 2 amide bonds. The monoisotopic (exact) mass is 434 g/mol. The Bertz CT molecular complexity index is 1090. The molecule has 3 heterocycles. The molecule has 0 bridgehead atoms. The largest absolute Gasteiger partial charge is 0.390 e. The van der Waals surface area contributed by atoms with Crippen LogP contribution >= 0.6 is 0 Å². The Morgan fingerprint density at radius 1 is 1.19 bits per heavy atom. The number of aromatic nitrogens is 1. The van der Waals surface area contributed by atoms with Crippen molar-refractivity contribution in [3.8, 4) is 0 Å². The summed E-state index contributed by atoms with van der Waals surface area (Å²) in [5.74, 6) is -0.250. The third-order valence-corrected chi connectivity index (χ3v) is 6.81. The third kappa shape index (κ3) is 3.76. The van der Waals surface area contributed by atoms with Gasteiger partial charge in [0, 0.05) is 35.7 Å². The molecule has 5 rings (SSSR count). The van der Waals surface area contributed by atoms with Crippen LogP contribution < -0.4 is 10.6 Å². The van der Waals surface area contributed by atoms with Crippen molar-refractivity contribution in [1.82, 2.24) is 15.2 Å². The molecule has 1 atom stereocenters. The minimum atomic E-state index is -0.580. The van der Waals surface area contributed by atoms with Gasteiger partial charge in [0.1, 0.15) is 0 Å². The Morgan fingerprint density at radius 2 is 1.97 bits per heavy atom. The minimum absolute atomic E-state index is 0.0858. The molecule has 1 aromatic carbocycles. The molecular weight excluding hydrogens is 404 g/mol. The molecule has 2 aromatic rings. The first kappa shape index (κ1) is 21.0. The molecule has 0 spiro atoms. The quantitative estimate of drug-likeness (QED) is 0.544. The van der Waals surface area contributed by atoms with Gasteiger partial charge in [-0.15, -0.1) is 0 Å². The number of fused-ring (bicyclic) bond motifs is 2. The average molecular weight is 435 g/mol. The van der Waals surface area contributed by atoms with Crippen LogP contribution in [0.5, 0.6) is 0 Å². The summed E-state index contributed by atoms with van der Waals surface area (Å²) < 4.78 is 0. The van der Waals surface area contributed by atoms with Gasteiger partial charge in [-0.05, 0) is 69.3 Å². The van der Waals surface area contributed by atoms with E-state index in [1.165, 1.54) is 12.8 Å². The van der Waals surface area contributed by atoms with Gasteiger partial charge in [-0.1, -0.05) is 18.2 Å². The zero-order chi connectivity index (χ0) is 22.2. The normalized spacial score (nSPS) is 21.2. The van der Waals surface area contributed by atoms with Crippen LogP contribution in [0, 0.1) is 6.92 Å². The van der Waals surface area contributed by atoms with Gasteiger partial charge in [0.2, 0.25) is 0 Å². The summed E-state index contributed by atoms with van der Waals surface area (Å²) in [5, 5.41) is 16.2. The number of β-amino-alcohol motifs (C(OH)–C–C–N with tert-alkyl or cyclic N) is 1. The van der Waals surface area contributed by atoms with Crippen molar-refractivity contribution in [3.63, 3.8) is 0 Å². The predicted molar refractivity (Wildman–Crippen MR) is 124 cm³/mol. The van der Waals surface area contributed by atoms with E-state index in [1.807, 2.05) is 31.2 Å². The lowest BCUT2D eigenvalue weighted by atomic mass is 9.86. The molecule has 3 aliphatic rings. The first-order valence-electron chi connectivity index (χ1n) is 11.6. The van der Waals surface area contributed by atoms with Crippen LogP contribution in [-0.2, 0) is 11.2 Å². The number of H-pyrrole nitrogens is 1. The summed E-state index contributed by atoms with van der Waals surface area (Å²) in [6.45, 7) is 4.76. The number of nitrogens with one attached hydrogen (secondary N) is 3. The number of amides is 2. The van der Waals surface area contributed by atoms with Gasteiger partial charge in [0.15, 0.2) is 0 Å². The van der Waals surface area contributed by atoms with Crippen LogP contribution in [0.15, 0.2) is 24.3 Å². The first-order chi connectivity index (χ1) is 15.5. The van der Waals surface area contributed by atoms with E-state index in [1.54, 1.807) is 0 Å². The maximum absolute atomic E-state index is 13.1. The smallest absolute Gasteiger partial charge is 0.256 e. The summed E-state index contributed by atoms with van der Waals surface area (Å²) in [6.07, 6.45) is 4.24. The molecule has 1 fully saturated rings. The molecule has 168 valence electrons. The standard InChI is InChI=1S/C25H30N4O3/c1-15-21(24(31)26-13-16(30)14-29-11-4-5-12-29)18-8-6-9-19(23(18)27-15)22-17-7-2-3-10-20(17)28-25(22)32/h2-3,7,10,16,27,30H,4-6,8-9,11-14H2,1H3,(H,26,31)(H,28,32). The predicted octanol–water partition coefficient (Wildman–Crippen LogP) is 2.71. The van der Waals surface area contributed by atoms with E-state index in [2.05, 4.69) is 20.5 Å². The van der Waals surface area contributed by atoms with Gasteiger partial charge in [0.05, 0.1) is 17.2 Å². The van der Waals surface area contributed by atoms with Gasteiger partial charge in [0.25, 0.3) is 11.8 Å². The minimum Gasteiger partial charge on any atom is -0.390 e. The van der Waals surface area contributed by atoms with Crippen LogP contribution in [0.3, 0.4) is 0 Å². The molecule has 4 N–H and O–H groups in total. The number of para-hydroxylation sites is 1. The van der Waals surface area contributed by atoms with E-state index < -0.39 is 6.10 Å². The lowest BCUT2D eigenvalue weighted by Gasteiger charge is -2.20. The number of allylic oxidation sites excluding steroid dienone is 1. The number of aromatic amines is 1. The van der Waals surface area contributed by atoms with E-state index in [9.17, 15) is 14.7 Å². The van der Waals surface area contributed by atoms with Crippen LogP contribution in [-0.4, -0.2) is 59.1 Å². The van der Waals surface area contributed by atoms with Gasteiger partial charge in [-0.2, -0.15) is 0 Å². The van der Waals surface area contributed by atoms with E-state index in [0.717, 1.165) is 66.1 Å². The van der Waals surface area contributed by atoms with Crippen LogP contribution in [0.4, 0.5) is 5.69 Å². The topological polar surface area (TPSA) is 97.5 Å². The lowest BCUT2D eigenvalue weighted by Crippen LogP contribution is -2.39. The number of rotatable bonds is 5. The second-order valence-corrected chi connectivity index (χ2v) is 9.06. The van der Waals surface area contributed by atoms with Crippen molar-refractivity contribution in [2.45, 2.75) is 45.1 Å². The first-order valence-corrected chi connectivity index (χ1v) is 11.6. The second kappa shape index (κ2) is 8.56. The molecule has 32 heavy (non-hydrogen) atoms. The molecule has 0 radical (unpaired) electrons. The van der Waals surface area contributed by atoms with Crippen molar-refractivity contribution in [1.29, 1.82) is 0 Å². The van der Waals surface area contributed by atoms with Crippen molar-refractivity contribution >= 4 is 28.6 Å². The number of carbonyl (C=O) groups excluding carboxylic acids is 2. The number of aliphatic hydroxyl groups is 1.